The fourth-order valence-corrected chi connectivity index (χ4v) is 4.06. The SMILES string of the molecule is CNS(=O)(=O)c1ccc(Cc2cccc(-c3ccccc3)c2)c(-c2nnn(C)n2)c1. The summed E-state index contributed by atoms with van der Waals surface area (Å²) in [4.78, 5) is 1.52. The molecule has 1 heterocycles. The Morgan fingerprint density at radius 3 is 2.40 bits per heavy atom. The Hall–Kier alpha value is -3.36. The van der Waals surface area contributed by atoms with E-state index in [1.165, 1.54) is 11.8 Å². The molecule has 0 atom stereocenters. The Morgan fingerprint density at radius 2 is 1.70 bits per heavy atom. The standard InChI is InChI=1S/C22H21N5O2S/c1-23-30(28,29)20-12-11-19(21(15-20)22-24-26-27(2)25-22)14-16-7-6-10-18(13-16)17-8-4-3-5-9-17/h3-13,15,23H,14H2,1-2H3. The third-order valence-electron chi connectivity index (χ3n) is 4.84. The first-order valence-electron chi connectivity index (χ1n) is 9.41. The first kappa shape index (κ1) is 19.9. The summed E-state index contributed by atoms with van der Waals surface area (Å²) in [6.45, 7) is 0. The molecule has 3 aromatic carbocycles. The molecule has 0 aliphatic carbocycles. The second-order valence-electron chi connectivity index (χ2n) is 6.87. The monoisotopic (exact) mass is 419 g/mol. The van der Waals surface area contributed by atoms with E-state index in [1.54, 1.807) is 19.2 Å². The Bertz CT molecular complexity index is 1280. The molecule has 152 valence electrons. The van der Waals surface area contributed by atoms with Crippen molar-refractivity contribution in [1.29, 1.82) is 0 Å². The minimum atomic E-state index is -3.59. The molecule has 0 amide bonds. The lowest BCUT2D eigenvalue weighted by atomic mass is 9.96. The van der Waals surface area contributed by atoms with Crippen molar-refractivity contribution in [2.75, 3.05) is 7.05 Å². The van der Waals surface area contributed by atoms with Crippen molar-refractivity contribution in [1.82, 2.24) is 24.9 Å². The Kier molecular flexibility index (Phi) is 5.43. The van der Waals surface area contributed by atoms with Crippen LogP contribution in [0.1, 0.15) is 11.1 Å². The number of nitrogens with one attached hydrogen (secondary N) is 1. The number of hydrogen-bond acceptors (Lipinski definition) is 5. The molecule has 4 aromatic rings. The largest absolute Gasteiger partial charge is 0.240 e. The molecule has 0 bridgehead atoms. The summed E-state index contributed by atoms with van der Waals surface area (Å²) in [6.07, 6.45) is 0.605. The van der Waals surface area contributed by atoms with Crippen molar-refractivity contribution in [2.24, 2.45) is 7.05 Å². The Morgan fingerprint density at radius 1 is 0.933 bits per heavy atom. The third-order valence-corrected chi connectivity index (χ3v) is 6.25. The molecule has 0 spiro atoms. The second kappa shape index (κ2) is 8.17. The third kappa shape index (κ3) is 4.14. The van der Waals surface area contributed by atoms with Gasteiger partial charge in [-0.25, -0.2) is 13.1 Å². The maximum atomic E-state index is 12.3. The molecule has 1 N–H and O–H groups in total. The first-order chi connectivity index (χ1) is 14.5. The van der Waals surface area contributed by atoms with Gasteiger partial charge < -0.3 is 0 Å². The van der Waals surface area contributed by atoms with E-state index in [2.05, 4.69) is 50.5 Å². The van der Waals surface area contributed by atoms with Gasteiger partial charge in [0, 0.05) is 5.56 Å². The molecule has 1 aromatic heterocycles. The van der Waals surface area contributed by atoms with E-state index in [0.29, 0.717) is 17.8 Å². The van der Waals surface area contributed by atoms with Gasteiger partial charge in [0.05, 0.1) is 11.9 Å². The molecule has 0 fully saturated rings. The maximum Gasteiger partial charge on any atom is 0.240 e. The van der Waals surface area contributed by atoms with E-state index in [4.69, 9.17) is 0 Å². The van der Waals surface area contributed by atoms with Crippen LogP contribution in [0.4, 0.5) is 0 Å². The first-order valence-corrected chi connectivity index (χ1v) is 10.9. The number of aryl methyl sites for hydroxylation is 1. The number of tetrazole rings is 1. The van der Waals surface area contributed by atoms with E-state index in [9.17, 15) is 8.42 Å². The minimum Gasteiger partial charge on any atom is -0.214 e. The number of aromatic nitrogens is 4. The number of sulfonamides is 1. The van der Waals surface area contributed by atoms with Crippen LogP contribution in [0, 0.1) is 0 Å². The number of nitrogens with zero attached hydrogens (tertiary/aromatic N) is 4. The smallest absolute Gasteiger partial charge is 0.214 e. The van der Waals surface area contributed by atoms with Crippen molar-refractivity contribution >= 4 is 10.0 Å². The van der Waals surface area contributed by atoms with Crippen LogP contribution in [0.25, 0.3) is 22.5 Å². The van der Waals surface area contributed by atoms with Crippen LogP contribution in [0.2, 0.25) is 0 Å². The summed E-state index contributed by atoms with van der Waals surface area (Å²) in [5.74, 6) is 0.389. The quantitative estimate of drug-likeness (QED) is 0.519. The van der Waals surface area contributed by atoms with Gasteiger partial charge in [0.1, 0.15) is 0 Å². The van der Waals surface area contributed by atoms with Crippen molar-refractivity contribution in [2.45, 2.75) is 11.3 Å². The van der Waals surface area contributed by atoms with Gasteiger partial charge >= 0.3 is 0 Å². The summed E-state index contributed by atoms with van der Waals surface area (Å²) >= 11 is 0. The van der Waals surface area contributed by atoms with Crippen molar-refractivity contribution in [3.8, 4) is 22.5 Å². The molecule has 0 aliphatic heterocycles. The lowest BCUT2D eigenvalue weighted by molar-refractivity contribution is 0.588. The molecule has 0 aliphatic rings. The van der Waals surface area contributed by atoms with Gasteiger partial charge in [-0.3, -0.25) is 0 Å². The highest BCUT2D eigenvalue weighted by atomic mass is 32.2. The van der Waals surface area contributed by atoms with Crippen LogP contribution < -0.4 is 4.72 Å². The zero-order valence-corrected chi connectivity index (χ0v) is 17.5. The molecular formula is C22H21N5O2S. The van der Waals surface area contributed by atoms with E-state index in [0.717, 1.165) is 22.3 Å². The number of hydrogen-bond donors (Lipinski definition) is 1. The van der Waals surface area contributed by atoms with Gasteiger partial charge in [-0.05, 0) is 53.1 Å². The molecule has 8 heteroatoms. The predicted molar refractivity (Wildman–Crippen MR) is 115 cm³/mol. The van der Waals surface area contributed by atoms with E-state index in [1.807, 2.05) is 30.3 Å². The Balaban J connectivity index is 1.76. The van der Waals surface area contributed by atoms with Gasteiger partial charge in [0.15, 0.2) is 0 Å². The van der Waals surface area contributed by atoms with Crippen LogP contribution in [-0.2, 0) is 23.5 Å². The van der Waals surface area contributed by atoms with Gasteiger partial charge in [0.25, 0.3) is 0 Å². The molecule has 0 unspecified atom stereocenters. The summed E-state index contributed by atoms with van der Waals surface area (Å²) < 4.78 is 26.9. The summed E-state index contributed by atoms with van der Waals surface area (Å²) in [5.41, 5.74) is 4.94. The van der Waals surface area contributed by atoms with Crippen LogP contribution in [0.15, 0.2) is 77.7 Å². The molecule has 30 heavy (non-hydrogen) atoms. The molecule has 7 nitrogen and oxygen atoms in total. The van der Waals surface area contributed by atoms with Crippen LogP contribution >= 0.6 is 0 Å². The zero-order valence-electron chi connectivity index (χ0n) is 16.6. The zero-order chi connectivity index (χ0) is 21.1. The van der Waals surface area contributed by atoms with E-state index >= 15 is 0 Å². The minimum absolute atomic E-state index is 0.161. The highest BCUT2D eigenvalue weighted by Gasteiger charge is 2.18. The highest BCUT2D eigenvalue weighted by molar-refractivity contribution is 7.89. The van der Waals surface area contributed by atoms with Crippen molar-refractivity contribution < 1.29 is 8.42 Å². The fourth-order valence-electron chi connectivity index (χ4n) is 3.31. The van der Waals surface area contributed by atoms with Crippen LogP contribution in [-0.4, -0.2) is 35.7 Å². The topological polar surface area (TPSA) is 89.8 Å². The lowest BCUT2D eigenvalue weighted by Crippen LogP contribution is -2.18. The molecule has 0 saturated heterocycles. The second-order valence-corrected chi connectivity index (χ2v) is 8.76. The molecular weight excluding hydrogens is 398 g/mol. The molecule has 0 radical (unpaired) electrons. The molecule has 4 rings (SSSR count). The van der Waals surface area contributed by atoms with Crippen LogP contribution in [0.5, 0.6) is 0 Å². The molecule has 0 saturated carbocycles. The average molecular weight is 420 g/mol. The number of rotatable bonds is 6. The fraction of sp³-hybridized carbons (Fsp3) is 0.136. The van der Waals surface area contributed by atoms with Gasteiger partial charge in [0.2, 0.25) is 15.8 Å². The van der Waals surface area contributed by atoms with Gasteiger partial charge in [-0.15, -0.1) is 10.2 Å². The van der Waals surface area contributed by atoms with Crippen LogP contribution in [0.3, 0.4) is 0 Å². The predicted octanol–water partition coefficient (Wildman–Crippen LogP) is 3.04. The van der Waals surface area contributed by atoms with Crippen molar-refractivity contribution in [3.05, 3.63) is 83.9 Å². The average Bonchev–Trinajstić information content (AvgIpc) is 3.21. The normalized spacial score (nSPS) is 11.5. The summed E-state index contributed by atoms with van der Waals surface area (Å²) in [7, 11) is -0.525. The Labute approximate surface area is 175 Å². The van der Waals surface area contributed by atoms with Crippen molar-refractivity contribution in [3.63, 3.8) is 0 Å². The van der Waals surface area contributed by atoms with E-state index < -0.39 is 10.0 Å². The summed E-state index contributed by atoms with van der Waals surface area (Å²) in [6, 6.07) is 23.5. The van der Waals surface area contributed by atoms with Gasteiger partial charge in [-0.1, -0.05) is 60.7 Å². The van der Waals surface area contributed by atoms with Gasteiger partial charge in [-0.2, -0.15) is 4.80 Å². The van der Waals surface area contributed by atoms with E-state index in [-0.39, 0.29) is 4.90 Å². The lowest BCUT2D eigenvalue weighted by Gasteiger charge is -2.11. The highest BCUT2D eigenvalue weighted by Crippen LogP contribution is 2.27. The number of benzene rings is 3. The maximum absolute atomic E-state index is 12.3. The summed E-state index contributed by atoms with van der Waals surface area (Å²) in [5, 5.41) is 12.3.